The van der Waals surface area contributed by atoms with E-state index in [1.54, 1.807) is 19.1 Å². The highest BCUT2D eigenvalue weighted by atomic mass is 35.5. The highest BCUT2D eigenvalue weighted by Gasteiger charge is 2.10. The van der Waals surface area contributed by atoms with E-state index in [1.807, 2.05) is 13.8 Å². The van der Waals surface area contributed by atoms with Crippen LogP contribution < -0.4 is 9.47 Å². The van der Waals surface area contributed by atoms with Gasteiger partial charge in [-0.15, -0.1) is 0 Å². The Bertz CT molecular complexity index is 623. The second kappa shape index (κ2) is 13.2. The van der Waals surface area contributed by atoms with Gasteiger partial charge in [-0.25, -0.2) is 0 Å². The van der Waals surface area contributed by atoms with Crippen LogP contribution in [0.4, 0.5) is 0 Å². The van der Waals surface area contributed by atoms with Crippen molar-refractivity contribution in [1.82, 2.24) is 0 Å². The standard InChI is InChI=1S/C18H23Cl4NO4/c1-12(2)27-23-13(3)24-7-4-5-8-26-18-15(19)10-14(11-16(18)20)25-9-6-17(21)22/h6,10-12H,4-5,7-9H2,1-3H3. The molecule has 0 amide bonds. The molecule has 0 radical (unpaired) electrons. The molecule has 0 saturated heterocycles. The maximum Gasteiger partial charge on any atom is 0.222 e. The van der Waals surface area contributed by atoms with Gasteiger partial charge in [-0.05, 0) is 32.8 Å². The van der Waals surface area contributed by atoms with Gasteiger partial charge in [0, 0.05) is 19.1 Å². The molecule has 5 nitrogen and oxygen atoms in total. The van der Waals surface area contributed by atoms with Crippen LogP contribution in [0, 0.1) is 0 Å². The van der Waals surface area contributed by atoms with Crippen LogP contribution in [-0.4, -0.2) is 31.8 Å². The van der Waals surface area contributed by atoms with Gasteiger partial charge in [0.15, 0.2) is 5.75 Å². The molecule has 0 heterocycles. The lowest BCUT2D eigenvalue weighted by molar-refractivity contribution is 0.0772. The molecule has 152 valence electrons. The number of oxime groups is 1. The first-order valence-electron chi connectivity index (χ1n) is 8.38. The predicted octanol–water partition coefficient (Wildman–Crippen LogP) is 6.63. The zero-order valence-corrected chi connectivity index (χ0v) is 18.5. The summed E-state index contributed by atoms with van der Waals surface area (Å²) in [6.45, 7) is 6.72. The maximum absolute atomic E-state index is 6.21. The first kappa shape index (κ1) is 24.0. The third kappa shape index (κ3) is 10.8. The van der Waals surface area contributed by atoms with Gasteiger partial charge in [-0.2, -0.15) is 0 Å². The van der Waals surface area contributed by atoms with E-state index in [4.69, 9.17) is 65.5 Å². The lowest BCUT2D eigenvalue weighted by atomic mass is 10.3. The Morgan fingerprint density at radius 2 is 1.70 bits per heavy atom. The fraction of sp³-hybridized carbons (Fsp3) is 0.500. The van der Waals surface area contributed by atoms with Crippen LogP contribution in [0.15, 0.2) is 27.9 Å². The molecule has 1 aromatic carbocycles. The molecule has 0 spiro atoms. The Morgan fingerprint density at radius 3 is 2.30 bits per heavy atom. The Hall–Kier alpha value is -1.01. The monoisotopic (exact) mass is 457 g/mol. The van der Waals surface area contributed by atoms with Crippen molar-refractivity contribution in [1.29, 1.82) is 0 Å². The minimum Gasteiger partial charge on any atom is -0.490 e. The van der Waals surface area contributed by atoms with Crippen molar-refractivity contribution in [3.8, 4) is 11.5 Å². The highest BCUT2D eigenvalue weighted by Crippen LogP contribution is 2.37. The van der Waals surface area contributed by atoms with Gasteiger partial charge < -0.3 is 19.0 Å². The normalized spacial score (nSPS) is 11.3. The van der Waals surface area contributed by atoms with Crippen LogP contribution in [0.3, 0.4) is 0 Å². The number of ether oxygens (including phenoxy) is 3. The van der Waals surface area contributed by atoms with Crippen LogP contribution in [0.1, 0.15) is 33.6 Å². The lowest BCUT2D eigenvalue weighted by Gasteiger charge is -2.12. The van der Waals surface area contributed by atoms with Crippen LogP contribution >= 0.6 is 46.4 Å². The molecule has 27 heavy (non-hydrogen) atoms. The molecule has 0 fully saturated rings. The van der Waals surface area contributed by atoms with Crippen molar-refractivity contribution in [3.05, 3.63) is 32.7 Å². The quantitative estimate of drug-likeness (QED) is 0.161. The number of hydrogen-bond donors (Lipinski definition) is 0. The summed E-state index contributed by atoms with van der Waals surface area (Å²) in [6.07, 6.45) is 3.09. The molecule has 0 unspecified atom stereocenters. The van der Waals surface area contributed by atoms with Gasteiger partial charge in [0.1, 0.15) is 23.0 Å². The number of rotatable bonds is 11. The van der Waals surface area contributed by atoms with E-state index < -0.39 is 0 Å². The summed E-state index contributed by atoms with van der Waals surface area (Å²) in [5.41, 5.74) is 0. The Balaban J connectivity index is 2.36. The first-order chi connectivity index (χ1) is 12.8. The van der Waals surface area contributed by atoms with Crippen molar-refractivity contribution in [2.75, 3.05) is 19.8 Å². The number of halogens is 4. The largest absolute Gasteiger partial charge is 0.490 e. The van der Waals surface area contributed by atoms with E-state index >= 15 is 0 Å². The first-order valence-corrected chi connectivity index (χ1v) is 9.89. The Kier molecular flexibility index (Phi) is 11.8. The maximum atomic E-state index is 6.21. The van der Waals surface area contributed by atoms with Crippen LogP contribution in [0.25, 0.3) is 0 Å². The zero-order valence-electron chi connectivity index (χ0n) is 15.4. The number of unbranched alkanes of at least 4 members (excludes halogenated alkanes) is 1. The molecule has 1 rings (SSSR count). The molecule has 1 aromatic rings. The number of nitrogens with zero attached hydrogens (tertiary/aromatic N) is 1. The molecule has 0 aromatic heterocycles. The van der Waals surface area contributed by atoms with Gasteiger partial charge in [0.05, 0.1) is 23.3 Å². The van der Waals surface area contributed by atoms with Gasteiger partial charge >= 0.3 is 0 Å². The molecular formula is C18H23Cl4NO4. The van der Waals surface area contributed by atoms with Crippen molar-refractivity contribution in [3.63, 3.8) is 0 Å². The van der Waals surface area contributed by atoms with Gasteiger partial charge in [-0.1, -0.05) is 51.6 Å². The number of hydrogen-bond acceptors (Lipinski definition) is 5. The lowest BCUT2D eigenvalue weighted by Crippen LogP contribution is -2.06. The van der Waals surface area contributed by atoms with Crippen molar-refractivity contribution >= 4 is 52.3 Å². The minimum absolute atomic E-state index is 0.0258. The zero-order chi connectivity index (χ0) is 20.2. The molecule has 0 aliphatic carbocycles. The molecule has 0 aliphatic heterocycles. The van der Waals surface area contributed by atoms with Gasteiger partial charge in [0.2, 0.25) is 5.90 Å². The third-order valence-electron chi connectivity index (χ3n) is 2.95. The van der Waals surface area contributed by atoms with Crippen LogP contribution in [-0.2, 0) is 9.57 Å². The van der Waals surface area contributed by atoms with E-state index in [2.05, 4.69) is 5.16 Å². The molecular weight excluding hydrogens is 436 g/mol. The van der Waals surface area contributed by atoms with Gasteiger partial charge in [0.25, 0.3) is 0 Å². The summed E-state index contributed by atoms with van der Waals surface area (Å²) < 4.78 is 16.7. The fourth-order valence-corrected chi connectivity index (χ4v) is 2.47. The highest BCUT2D eigenvalue weighted by molar-refractivity contribution is 6.55. The van der Waals surface area contributed by atoms with Gasteiger partial charge in [-0.3, -0.25) is 0 Å². The molecule has 0 atom stereocenters. The van der Waals surface area contributed by atoms with E-state index in [1.165, 1.54) is 6.08 Å². The van der Waals surface area contributed by atoms with Crippen molar-refractivity contribution in [2.45, 2.75) is 39.7 Å². The molecule has 0 bridgehead atoms. The SMILES string of the molecule is CC(=NOC(C)C)OCCCCOc1c(Cl)cc(OCC=C(Cl)Cl)cc1Cl. The second-order valence-electron chi connectivity index (χ2n) is 5.69. The summed E-state index contributed by atoms with van der Waals surface area (Å²) in [6, 6.07) is 3.24. The van der Waals surface area contributed by atoms with E-state index in [9.17, 15) is 0 Å². The molecule has 0 aliphatic rings. The van der Waals surface area contributed by atoms with E-state index in [0.717, 1.165) is 12.8 Å². The van der Waals surface area contributed by atoms with Crippen LogP contribution in [0.2, 0.25) is 10.0 Å². The molecule has 0 N–H and O–H groups in total. The molecule has 9 heteroatoms. The van der Waals surface area contributed by atoms with Crippen molar-refractivity contribution in [2.24, 2.45) is 5.16 Å². The summed E-state index contributed by atoms with van der Waals surface area (Å²) in [4.78, 5) is 5.09. The van der Waals surface area contributed by atoms with E-state index in [0.29, 0.717) is 40.7 Å². The summed E-state index contributed by atoms with van der Waals surface area (Å²) >= 11 is 23.5. The second-order valence-corrected chi connectivity index (χ2v) is 7.51. The summed E-state index contributed by atoms with van der Waals surface area (Å²) in [5.74, 6) is 1.41. The summed E-state index contributed by atoms with van der Waals surface area (Å²) in [7, 11) is 0. The predicted molar refractivity (Wildman–Crippen MR) is 112 cm³/mol. The Labute approximate surface area is 180 Å². The topological polar surface area (TPSA) is 49.3 Å². The smallest absolute Gasteiger partial charge is 0.222 e. The number of benzene rings is 1. The van der Waals surface area contributed by atoms with E-state index in [-0.39, 0.29) is 17.2 Å². The minimum atomic E-state index is 0.0258. The summed E-state index contributed by atoms with van der Waals surface area (Å²) in [5, 5.41) is 4.58. The Morgan fingerprint density at radius 1 is 1.07 bits per heavy atom. The fourth-order valence-electron chi connectivity index (χ4n) is 1.76. The average molecular weight is 459 g/mol. The third-order valence-corrected chi connectivity index (χ3v) is 3.82. The average Bonchev–Trinajstić information content (AvgIpc) is 2.57. The molecule has 0 saturated carbocycles. The van der Waals surface area contributed by atoms with Crippen LogP contribution in [0.5, 0.6) is 11.5 Å². The van der Waals surface area contributed by atoms with Crippen molar-refractivity contribution < 1.29 is 19.0 Å².